The minimum Gasteiger partial charge on any atom is -0.493 e. The lowest BCUT2D eigenvalue weighted by Gasteiger charge is -2.59. The number of anilines is 5. The average molecular weight is 1320 g/mol. The lowest BCUT2D eigenvalue weighted by molar-refractivity contribution is -0.384. The van der Waals surface area contributed by atoms with Gasteiger partial charge in [-0.3, -0.25) is 29.6 Å². The van der Waals surface area contributed by atoms with E-state index < -0.39 is 43.1 Å². The van der Waals surface area contributed by atoms with Crippen molar-refractivity contribution >= 4 is 61.2 Å². The second-order valence-electron chi connectivity index (χ2n) is 29.1. The number of ether oxygens (including phenoxy) is 5. The zero-order valence-corrected chi connectivity index (χ0v) is 56.3. The summed E-state index contributed by atoms with van der Waals surface area (Å²) in [4.78, 5) is 54.3. The molecule has 1 spiro atoms. The molecule has 23 nitrogen and oxygen atoms in total. The minimum atomic E-state index is -4.66. The normalized spacial score (nSPS) is 24.9. The fourth-order valence-corrected chi connectivity index (χ4v) is 17.3. The number of hydrogen-bond acceptors (Lipinski definition) is 20. The summed E-state index contributed by atoms with van der Waals surface area (Å²) in [5.41, 5.74) is 4.03. The van der Waals surface area contributed by atoms with E-state index in [1.165, 1.54) is 23.3 Å². The van der Waals surface area contributed by atoms with Crippen LogP contribution in [-0.4, -0.2) is 188 Å². The molecule has 95 heavy (non-hydrogen) atoms. The van der Waals surface area contributed by atoms with E-state index in [-0.39, 0.29) is 46.9 Å². The molecule has 8 aliphatic rings. The lowest BCUT2D eigenvalue weighted by Crippen LogP contribution is -2.61. The Morgan fingerprint density at radius 1 is 0.842 bits per heavy atom. The Morgan fingerprint density at radius 3 is 2.38 bits per heavy atom. The molecular formula is C71H92N12O11S. The first-order valence-electron chi connectivity index (χ1n) is 34.3. The number of amides is 1. The monoisotopic (exact) mass is 1320 g/mol. The molecule has 0 bridgehead atoms. The Morgan fingerprint density at radius 2 is 1.62 bits per heavy atom. The van der Waals surface area contributed by atoms with Gasteiger partial charge in [0.05, 0.1) is 65.7 Å². The summed E-state index contributed by atoms with van der Waals surface area (Å²) in [5.74, 6) is 2.33. The highest BCUT2D eigenvalue weighted by Gasteiger charge is 2.51. The SMILES string of the molecule is COc1cc(CN2CCC(N3CCN(C4CC5(CCN(c6ccc(C(=O)NS(=O)(=O)c7ccc(NCC8CCC(C)(O)CC8)c([N+](=O)[O-])c7)c(N7c8cc9cc[nH]c9nc8O[C@H]8COCC[C@@H]87)c6)CC5)C4)[C@H](c4ccccc4OC(C)(C)C)C3)CC2)cnc1N1CCOCC1. The van der Waals surface area contributed by atoms with E-state index in [0.29, 0.717) is 80.6 Å². The van der Waals surface area contributed by atoms with Crippen LogP contribution in [0.5, 0.6) is 17.4 Å². The number of rotatable bonds is 17. The van der Waals surface area contributed by atoms with Crippen LogP contribution in [-0.2, 0) is 26.0 Å². The van der Waals surface area contributed by atoms with Crippen molar-refractivity contribution in [1.29, 1.82) is 0 Å². The van der Waals surface area contributed by atoms with Crippen LogP contribution in [0.1, 0.15) is 126 Å². The number of nitrogens with one attached hydrogen (secondary N) is 3. The summed E-state index contributed by atoms with van der Waals surface area (Å²) in [6.45, 7) is 19.8. The number of piperazine rings is 1. The topological polar surface area (TPSA) is 246 Å². The van der Waals surface area contributed by atoms with Crippen LogP contribution in [0.25, 0.3) is 11.0 Å². The number of nitrogens with zero attached hydrogens (tertiary/aromatic N) is 9. The lowest BCUT2D eigenvalue weighted by atomic mass is 9.59. The number of nitro groups is 1. The third-order valence-electron chi connectivity index (χ3n) is 21.6. The molecule has 6 aromatic rings. The summed E-state index contributed by atoms with van der Waals surface area (Å²) in [6.07, 6.45) is 13.1. The number of benzene rings is 3. The molecule has 2 aliphatic carbocycles. The number of hydrogen-bond donors (Lipinski definition) is 4. The number of morpholine rings is 1. The number of sulfonamides is 1. The zero-order chi connectivity index (χ0) is 65.8. The van der Waals surface area contributed by atoms with Crippen molar-refractivity contribution in [3.8, 4) is 17.4 Å². The molecular weight excluding hydrogens is 1230 g/mol. The van der Waals surface area contributed by atoms with Crippen molar-refractivity contribution in [2.75, 3.05) is 119 Å². The molecule has 9 heterocycles. The predicted octanol–water partition coefficient (Wildman–Crippen LogP) is 9.82. The quantitative estimate of drug-likeness (QED) is 0.0490. The number of likely N-dealkylation sites (tertiary alicyclic amines) is 1. The summed E-state index contributed by atoms with van der Waals surface area (Å²) in [6, 6.07) is 24.8. The van der Waals surface area contributed by atoms with Crippen molar-refractivity contribution < 1.29 is 46.9 Å². The molecule has 0 unspecified atom stereocenters. The highest BCUT2D eigenvalue weighted by atomic mass is 32.2. The van der Waals surface area contributed by atoms with Crippen molar-refractivity contribution in [3.63, 3.8) is 0 Å². The molecule has 24 heteroatoms. The second-order valence-corrected chi connectivity index (χ2v) is 30.8. The number of aliphatic hydroxyl groups is 1. The van der Waals surface area contributed by atoms with Crippen LogP contribution in [0.2, 0.25) is 0 Å². The van der Waals surface area contributed by atoms with Crippen LogP contribution in [0.15, 0.2) is 96.2 Å². The van der Waals surface area contributed by atoms with Gasteiger partial charge in [-0.15, -0.1) is 0 Å². The summed E-state index contributed by atoms with van der Waals surface area (Å²) >= 11 is 0. The number of nitro benzene ring substituents is 1. The van der Waals surface area contributed by atoms with Gasteiger partial charge in [0.2, 0.25) is 5.88 Å². The van der Waals surface area contributed by atoms with Crippen molar-refractivity contribution in [2.24, 2.45) is 11.3 Å². The number of H-pyrrole nitrogens is 1. The number of carbonyl (C=O) groups excluding carboxylic acids is 1. The molecule has 1 amide bonds. The van der Waals surface area contributed by atoms with Crippen LogP contribution in [0.4, 0.5) is 34.3 Å². The first kappa shape index (κ1) is 65.0. The Kier molecular flexibility index (Phi) is 18.2. The van der Waals surface area contributed by atoms with Gasteiger partial charge in [-0.05, 0) is 183 Å². The number of fused-ring (bicyclic) bond motifs is 3. The van der Waals surface area contributed by atoms with Gasteiger partial charge in [0, 0.05) is 113 Å². The number of aromatic nitrogens is 3. The summed E-state index contributed by atoms with van der Waals surface area (Å²) in [5, 5.41) is 27.0. The second kappa shape index (κ2) is 26.6. The van der Waals surface area contributed by atoms with E-state index in [4.69, 9.17) is 33.7 Å². The van der Waals surface area contributed by atoms with Crippen molar-refractivity contribution in [1.82, 2.24) is 34.4 Å². The molecule has 3 atom stereocenters. The molecule has 4 N–H and O–H groups in total. The highest BCUT2D eigenvalue weighted by Crippen LogP contribution is 2.54. The van der Waals surface area contributed by atoms with E-state index >= 15 is 0 Å². The molecule has 508 valence electrons. The van der Waals surface area contributed by atoms with Crippen molar-refractivity contribution in [3.05, 3.63) is 118 Å². The zero-order valence-electron chi connectivity index (χ0n) is 55.5. The highest BCUT2D eigenvalue weighted by molar-refractivity contribution is 7.90. The molecule has 3 aromatic carbocycles. The molecule has 6 aliphatic heterocycles. The van der Waals surface area contributed by atoms with Gasteiger partial charge in [-0.2, -0.15) is 4.98 Å². The number of pyridine rings is 2. The van der Waals surface area contributed by atoms with Gasteiger partial charge in [-0.1, -0.05) is 18.2 Å². The largest absolute Gasteiger partial charge is 0.493 e. The Bertz CT molecular complexity index is 3880. The number of methoxy groups -OCH3 is 1. The van der Waals surface area contributed by atoms with Gasteiger partial charge >= 0.3 is 0 Å². The minimum absolute atomic E-state index is 0.106. The molecule has 14 rings (SSSR count). The molecule has 2 saturated carbocycles. The first-order valence-corrected chi connectivity index (χ1v) is 35.8. The van der Waals surface area contributed by atoms with Crippen LogP contribution in [0.3, 0.4) is 0 Å². The van der Waals surface area contributed by atoms with Crippen molar-refractivity contribution in [2.45, 2.75) is 151 Å². The van der Waals surface area contributed by atoms with E-state index in [0.717, 1.165) is 151 Å². The van der Waals surface area contributed by atoms with Crippen LogP contribution >= 0.6 is 0 Å². The number of piperidine rings is 2. The molecule has 7 fully saturated rings. The molecule has 0 radical (unpaired) electrons. The van der Waals surface area contributed by atoms with Gasteiger partial charge in [0.15, 0.2) is 11.6 Å². The Labute approximate surface area is 557 Å². The van der Waals surface area contributed by atoms with Gasteiger partial charge in [0.25, 0.3) is 21.6 Å². The fraction of sp³-hybridized carbons (Fsp3) is 0.563. The van der Waals surface area contributed by atoms with Gasteiger partial charge < -0.3 is 53.8 Å². The van der Waals surface area contributed by atoms with Gasteiger partial charge in [-0.25, -0.2) is 18.1 Å². The van der Waals surface area contributed by atoms with Crippen LogP contribution < -0.4 is 38.9 Å². The number of carbonyl (C=O) groups is 1. The predicted molar refractivity (Wildman–Crippen MR) is 364 cm³/mol. The maximum atomic E-state index is 15.0. The summed E-state index contributed by atoms with van der Waals surface area (Å²) < 4.78 is 61.9. The van der Waals surface area contributed by atoms with E-state index in [2.05, 4.69) is 95.5 Å². The van der Waals surface area contributed by atoms with E-state index in [1.54, 1.807) is 13.2 Å². The number of para-hydroxylation sites is 1. The first-order chi connectivity index (χ1) is 45.7. The maximum Gasteiger partial charge on any atom is 0.293 e. The standard InChI is InChI=1S/C71H92N12O11S/c1-69(2,3)94-62-9-7-6-8-54(62)61-45-80(50-17-25-77(26-18-50)44-48-36-63(90-5)66(74-43-48)79-31-34-91-35-32-79)29-30-81(61)52-40-71(41-52)22-27-78(28-23-71)51-10-12-55(58(38-51)82-57-19-33-92-46-64(57)93-68-60(82)37-49-16-24-72-65(49)75-68)67(84)76-95(88,89)53-11-13-56(59(39-53)83(86)87)73-42-47-14-20-70(4,85)21-15-47/h6-13,16,24,36-39,43,47,50,52,57,61,64,73,85H,14-15,17-23,25-35,40-42,44-46H2,1-5H3,(H,72,75)(H,76,84)/t47?,57-,61-,64-,70?/m0/s1. The maximum absolute atomic E-state index is 15.0. The molecule has 5 saturated heterocycles. The molecule has 3 aromatic heterocycles. The third-order valence-corrected chi connectivity index (χ3v) is 22.9. The third kappa shape index (κ3) is 13.9. The average Bonchev–Trinajstić information content (AvgIpc) is 1.37. The Balaban J connectivity index is 0.681. The van der Waals surface area contributed by atoms with Gasteiger partial charge in [0.1, 0.15) is 34.5 Å². The van der Waals surface area contributed by atoms with E-state index in [9.17, 15) is 28.4 Å². The Hall–Kier alpha value is -7.32. The smallest absolute Gasteiger partial charge is 0.293 e. The van der Waals surface area contributed by atoms with Crippen LogP contribution in [0, 0.1) is 21.4 Å². The summed E-state index contributed by atoms with van der Waals surface area (Å²) in [7, 11) is -2.93. The number of aromatic amines is 1. The van der Waals surface area contributed by atoms with E-state index in [1.807, 2.05) is 43.6 Å². The fourth-order valence-electron chi connectivity index (χ4n) is 16.3.